The molecule has 0 spiro atoms. The van der Waals surface area contributed by atoms with E-state index in [1.165, 1.54) is 0 Å². The SMILES string of the molecule is CN(Cc1ccccc1Cl)c1ccc2cnccc2c1N. The summed E-state index contributed by atoms with van der Waals surface area (Å²) in [5.41, 5.74) is 9.15. The third kappa shape index (κ3) is 2.65. The van der Waals surface area contributed by atoms with Crippen LogP contribution < -0.4 is 10.6 Å². The molecule has 0 amide bonds. The van der Waals surface area contributed by atoms with Gasteiger partial charge in [0, 0.05) is 41.8 Å². The molecule has 1 aromatic heterocycles. The average molecular weight is 298 g/mol. The van der Waals surface area contributed by atoms with Crippen molar-refractivity contribution in [2.45, 2.75) is 6.54 Å². The number of nitrogens with zero attached hydrogens (tertiary/aromatic N) is 2. The Hall–Kier alpha value is -2.26. The van der Waals surface area contributed by atoms with Gasteiger partial charge in [0.1, 0.15) is 0 Å². The topological polar surface area (TPSA) is 42.2 Å². The van der Waals surface area contributed by atoms with E-state index < -0.39 is 0 Å². The molecule has 3 rings (SSSR count). The maximum atomic E-state index is 6.31. The maximum absolute atomic E-state index is 6.31. The first-order valence-electron chi connectivity index (χ1n) is 6.73. The zero-order chi connectivity index (χ0) is 14.8. The Labute approximate surface area is 129 Å². The highest BCUT2D eigenvalue weighted by Crippen LogP contribution is 2.31. The predicted molar refractivity (Wildman–Crippen MR) is 89.7 cm³/mol. The van der Waals surface area contributed by atoms with Gasteiger partial charge in [-0.25, -0.2) is 0 Å². The second-order valence-electron chi connectivity index (χ2n) is 5.04. The van der Waals surface area contributed by atoms with Gasteiger partial charge in [0.05, 0.1) is 11.4 Å². The summed E-state index contributed by atoms with van der Waals surface area (Å²) in [5, 5.41) is 2.84. The summed E-state index contributed by atoms with van der Waals surface area (Å²) in [7, 11) is 2.02. The van der Waals surface area contributed by atoms with E-state index in [2.05, 4.69) is 9.88 Å². The summed E-state index contributed by atoms with van der Waals surface area (Å²) < 4.78 is 0. The number of rotatable bonds is 3. The van der Waals surface area contributed by atoms with E-state index in [-0.39, 0.29) is 0 Å². The molecule has 4 heteroatoms. The number of fused-ring (bicyclic) bond motifs is 1. The Morgan fingerprint density at radius 3 is 2.76 bits per heavy atom. The Kier molecular flexibility index (Phi) is 3.67. The highest BCUT2D eigenvalue weighted by molar-refractivity contribution is 6.31. The van der Waals surface area contributed by atoms with E-state index in [0.29, 0.717) is 6.54 Å². The van der Waals surface area contributed by atoms with Gasteiger partial charge in [0.25, 0.3) is 0 Å². The molecule has 21 heavy (non-hydrogen) atoms. The van der Waals surface area contributed by atoms with Crippen molar-refractivity contribution in [2.75, 3.05) is 17.7 Å². The van der Waals surface area contributed by atoms with Crippen LogP contribution in [-0.2, 0) is 6.54 Å². The average Bonchev–Trinajstić information content (AvgIpc) is 2.50. The van der Waals surface area contributed by atoms with Gasteiger partial charge in [-0.2, -0.15) is 0 Å². The van der Waals surface area contributed by atoms with Crippen molar-refractivity contribution < 1.29 is 0 Å². The van der Waals surface area contributed by atoms with Gasteiger partial charge in [-0.15, -0.1) is 0 Å². The van der Waals surface area contributed by atoms with Crippen LogP contribution in [0, 0.1) is 0 Å². The molecule has 2 aromatic carbocycles. The molecule has 3 nitrogen and oxygen atoms in total. The van der Waals surface area contributed by atoms with E-state index in [1.807, 2.05) is 55.7 Å². The minimum atomic E-state index is 0.709. The number of halogens is 1. The van der Waals surface area contributed by atoms with Gasteiger partial charge in [0.2, 0.25) is 0 Å². The first kappa shape index (κ1) is 13.7. The number of anilines is 2. The normalized spacial score (nSPS) is 10.8. The molecule has 0 aliphatic rings. The largest absolute Gasteiger partial charge is 0.397 e. The number of hydrogen-bond acceptors (Lipinski definition) is 3. The summed E-state index contributed by atoms with van der Waals surface area (Å²) in [6.07, 6.45) is 3.58. The predicted octanol–water partition coefficient (Wildman–Crippen LogP) is 4.11. The lowest BCUT2D eigenvalue weighted by atomic mass is 10.1. The summed E-state index contributed by atoms with van der Waals surface area (Å²) in [6, 6.07) is 13.9. The van der Waals surface area contributed by atoms with Crippen molar-refractivity contribution in [1.82, 2.24) is 4.98 Å². The molecule has 0 radical (unpaired) electrons. The number of nitrogen functional groups attached to an aromatic ring is 1. The van der Waals surface area contributed by atoms with Crippen molar-refractivity contribution in [3.63, 3.8) is 0 Å². The molecule has 1 heterocycles. The third-order valence-corrected chi connectivity index (χ3v) is 3.98. The second-order valence-corrected chi connectivity index (χ2v) is 5.45. The molecule has 3 aromatic rings. The van der Waals surface area contributed by atoms with Crippen LogP contribution >= 0.6 is 11.6 Å². The fraction of sp³-hybridized carbons (Fsp3) is 0.118. The minimum absolute atomic E-state index is 0.709. The van der Waals surface area contributed by atoms with Crippen molar-refractivity contribution in [3.8, 4) is 0 Å². The van der Waals surface area contributed by atoms with E-state index >= 15 is 0 Å². The van der Waals surface area contributed by atoms with Gasteiger partial charge in [0.15, 0.2) is 0 Å². The van der Waals surface area contributed by atoms with E-state index in [0.717, 1.165) is 32.7 Å². The quantitative estimate of drug-likeness (QED) is 0.740. The first-order chi connectivity index (χ1) is 10.2. The molecular weight excluding hydrogens is 282 g/mol. The van der Waals surface area contributed by atoms with Crippen LogP contribution in [0.2, 0.25) is 5.02 Å². The molecule has 0 bridgehead atoms. The lowest BCUT2D eigenvalue weighted by Crippen LogP contribution is -2.18. The molecule has 0 atom stereocenters. The van der Waals surface area contributed by atoms with Crippen molar-refractivity contribution >= 4 is 33.7 Å². The van der Waals surface area contributed by atoms with E-state index in [1.54, 1.807) is 6.20 Å². The number of nitrogens with two attached hydrogens (primary N) is 1. The van der Waals surface area contributed by atoms with Crippen LogP contribution in [0.5, 0.6) is 0 Å². The van der Waals surface area contributed by atoms with Gasteiger partial charge in [-0.1, -0.05) is 35.9 Å². The monoisotopic (exact) mass is 297 g/mol. The lowest BCUT2D eigenvalue weighted by molar-refractivity contribution is 0.926. The Bertz CT molecular complexity index is 786. The van der Waals surface area contributed by atoms with Gasteiger partial charge in [-0.05, 0) is 23.8 Å². The Morgan fingerprint density at radius 2 is 1.95 bits per heavy atom. The standard InChI is InChI=1S/C17H16ClN3/c1-21(11-13-4-2-3-5-15(13)18)16-7-6-12-10-20-9-8-14(12)17(16)19/h2-10H,11,19H2,1H3. The number of aromatic nitrogens is 1. The summed E-state index contributed by atoms with van der Waals surface area (Å²) in [6.45, 7) is 0.709. The molecule has 0 aliphatic carbocycles. The summed E-state index contributed by atoms with van der Waals surface area (Å²) in [4.78, 5) is 6.23. The van der Waals surface area contributed by atoms with Crippen molar-refractivity contribution in [1.29, 1.82) is 0 Å². The fourth-order valence-corrected chi connectivity index (χ4v) is 2.68. The highest BCUT2D eigenvalue weighted by atomic mass is 35.5. The van der Waals surface area contributed by atoms with Crippen LogP contribution in [0.25, 0.3) is 10.8 Å². The fourth-order valence-electron chi connectivity index (χ4n) is 2.48. The minimum Gasteiger partial charge on any atom is -0.397 e. The molecule has 0 saturated heterocycles. The molecule has 2 N–H and O–H groups in total. The molecule has 0 unspecified atom stereocenters. The van der Waals surface area contributed by atoms with Gasteiger partial charge in [-0.3, -0.25) is 4.98 Å². The van der Waals surface area contributed by atoms with Gasteiger partial charge >= 0.3 is 0 Å². The Morgan fingerprint density at radius 1 is 1.14 bits per heavy atom. The zero-order valence-electron chi connectivity index (χ0n) is 11.8. The summed E-state index contributed by atoms with van der Waals surface area (Å²) in [5.74, 6) is 0. The number of pyridine rings is 1. The van der Waals surface area contributed by atoms with Crippen LogP contribution in [0.1, 0.15) is 5.56 Å². The molecular formula is C17H16ClN3. The zero-order valence-corrected chi connectivity index (χ0v) is 12.5. The highest BCUT2D eigenvalue weighted by Gasteiger charge is 2.10. The lowest BCUT2D eigenvalue weighted by Gasteiger charge is -2.22. The van der Waals surface area contributed by atoms with E-state index in [4.69, 9.17) is 17.3 Å². The van der Waals surface area contributed by atoms with Crippen molar-refractivity contribution in [2.24, 2.45) is 0 Å². The molecule has 0 aliphatic heterocycles. The maximum Gasteiger partial charge on any atom is 0.0632 e. The summed E-state index contributed by atoms with van der Waals surface area (Å²) >= 11 is 6.22. The number of benzene rings is 2. The van der Waals surface area contributed by atoms with Crippen molar-refractivity contribution in [3.05, 3.63) is 65.4 Å². The van der Waals surface area contributed by atoms with Crippen LogP contribution in [0.3, 0.4) is 0 Å². The van der Waals surface area contributed by atoms with Gasteiger partial charge < -0.3 is 10.6 Å². The first-order valence-corrected chi connectivity index (χ1v) is 7.11. The molecule has 0 saturated carbocycles. The Balaban J connectivity index is 1.97. The van der Waals surface area contributed by atoms with Crippen LogP contribution in [-0.4, -0.2) is 12.0 Å². The molecule has 106 valence electrons. The van der Waals surface area contributed by atoms with Crippen LogP contribution in [0.15, 0.2) is 54.9 Å². The third-order valence-electron chi connectivity index (χ3n) is 3.62. The molecule has 0 fully saturated rings. The van der Waals surface area contributed by atoms with E-state index in [9.17, 15) is 0 Å². The second kappa shape index (κ2) is 5.62. The number of hydrogen-bond donors (Lipinski definition) is 1. The smallest absolute Gasteiger partial charge is 0.0632 e. The van der Waals surface area contributed by atoms with Crippen LogP contribution in [0.4, 0.5) is 11.4 Å².